The Morgan fingerprint density at radius 3 is 2.53 bits per heavy atom. The van der Waals surface area contributed by atoms with E-state index in [0.717, 1.165) is 24.2 Å². The molecule has 0 saturated heterocycles. The molecule has 0 atom stereocenters. The van der Waals surface area contributed by atoms with Gasteiger partial charge < -0.3 is 10.5 Å². The Morgan fingerprint density at radius 1 is 1.41 bits per heavy atom. The average Bonchev–Trinajstić information content (AvgIpc) is 3.06. The highest BCUT2D eigenvalue weighted by atomic mass is 16.5. The maximum Gasteiger partial charge on any atom is 0.182 e. The Morgan fingerprint density at radius 2 is 2.06 bits per heavy atom. The molecule has 0 aliphatic heterocycles. The van der Waals surface area contributed by atoms with Crippen molar-refractivity contribution < 1.29 is 9.53 Å². The molecule has 3 nitrogen and oxygen atoms in total. The van der Waals surface area contributed by atoms with E-state index in [0.29, 0.717) is 11.5 Å². The quantitative estimate of drug-likeness (QED) is 0.813. The summed E-state index contributed by atoms with van der Waals surface area (Å²) in [5.41, 5.74) is 7.10. The molecule has 0 aromatic heterocycles. The molecule has 0 spiro atoms. The lowest BCUT2D eigenvalue weighted by Gasteiger charge is -2.14. The topological polar surface area (TPSA) is 52.3 Å². The van der Waals surface area contributed by atoms with E-state index >= 15 is 0 Å². The van der Waals surface area contributed by atoms with Crippen LogP contribution in [0.25, 0.3) is 0 Å². The van der Waals surface area contributed by atoms with E-state index in [1.165, 1.54) is 0 Å². The van der Waals surface area contributed by atoms with Gasteiger partial charge in [0.25, 0.3) is 0 Å². The highest BCUT2D eigenvalue weighted by Gasteiger charge is 2.46. The molecule has 0 amide bonds. The van der Waals surface area contributed by atoms with Gasteiger partial charge in [-0.05, 0) is 42.5 Å². The van der Waals surface area contributed by atoms with Gasteiger partial charge in [0, 0.05) is 5.56 Å². The predicted octanol–water partition coefficient (Wildman–Crippen LogP) is 2.49. The molecule has 2 N–H and O–H groups in total. The summed E-state index contributed by atoms with van der Waals surface area (Å²) in [6, 6.07) is 5.58. The Balaban J connectivity index is 2.37. The number of benzene rings is 1. The summed E-state index contributed by atoms with van der Waals surface area (Å²) in [6.45, 7) is 4.17. The molecular weight excluding hydrogens is 214 g/mol. The van der Waals surface area contributed by atoms with Gasteiger partial charge in [0.2, 0.25) is 0 Å². The normalized spacial score (nSPS) is 17.0. The molecule has 3 heteroatoms. The van der Waals surface area contributed by atoms with Gasteiger partial charge in [-0.1, -0.05) is 13.8 Å². The predicted molar refractivity (Wildman–Crippen MR) is 67.6 cm³/mol. The Bertz CT molecular complexity index is 448. The number of carbonyl (C=O) groups is 1. The van der Waals surface area contributed by atoms with Crippen molar-refractivity contribution in [2.45, 2.75) is 38.1 Å². The monoisotopic (exact) mass is 233 g/mol. The van der Waals surface area contributed by atoms with Crippen LogP contribution in [0.3, 0.4) is 0 Å². The minimum absolute atomic E-state index is 0.0575. The Kier molecular flexibility index (Phi) is 2.96. The lowest BCUT2D eigenvalue weighted by atomic mass is 9.95. The van der Waals surface area contributed by atoms with Crippen molar-refractivity contribution in [3.8, 4) is 5.75 Å². The number of carbonyl (C=O) groups excluding carboxylic acids is 1. The van der Waals surface area contributed by atoms with Crippen LogP contribution in [-0.4, -0.2) is 18.4 Å². The molecule has 0 radical (unpaired) electrons. The molecule has 1 aliphatic carbocycles. The molecule has 1 aromatic rings. The number of nitrogens with two attached hydrogens (primary N) is 1. The van der Waals surface area contributed by atoms with Gasteiger partial charge in [-0.25, -0.2) is 0 Å². The van der Waals surface area contributed by atoms with Crippen LogP contribution in [0, 0.1) is 0 Å². The van der Waals surface area contributed by atoms with Crippen molar-refractivity contribution in [3.05, 3.63) is 29.3 Å². The second-order valence-corrected chi connectivity index (χ2v) is 5.10. The smallest absolute Gasteiger partial charge is 0.182 e. The standard InChI is InChI=1S/C14H19NO2/c1-9(2)11-8-10(4-5-12(11)17-3)13(16)14(15)6-7-14/h4-5,8-9H,6-7,15H2,1-3H3. The molecule has 17 heavy (non-hydrogen) atoms. The fourth-order valence-electron chi connectivity index (χ4n) is 1.98. The number of ketones is 1. The summed E-state index contributed by atoms with van der Waals surface area (Å²) >= 11 is 0. The average molecular weight is 233 g/mol. The zero-order valence-corrected chi connectivity index (χ0v) is 10.6. The minimum atomic E-state index is -0.594. The number of Topliss-reactive ketones (excluding diaryl/α,β-unsaturated/α-hetero) is 1. The van der Waals surface area contributed by atoms with Crippen molar-refractivity contribution in [1.82, 2.24) is 0 Å². The van der Waals surface area contributed by atoms with Crippen LogP contribution in [0.5, 0.6) is 5.75 Å². The molecule has 0 heterocycles. The first-order valence-electron chi connectivity index (χ1n) is 5.99. The fourth-order valence-corrected chi connectivity index (χ4v) is 1.98. The summed E-state index contributed by atoms with van der Waals surface area (Å²) < 4.78 is 5.30. The molecule has 1 fully saturated rings. The lowest BCUT2D eigenvalue weighted by molar-refractivity contribution is 0.0949. The summed E-state index contributed by atoms with van der Waals surface area (Å²) in [6.07, 6.45) is 1.60. The van der Waals surface area contributed by atoms with E-state index in [4.69, 9.17) is 10.5 Å². The van der Waals surface area contributed by atoms with Crippen LogP contribution in [0.15, 0.2) is 18.2 Å². The first-order valence-corrected chi connectivity index (χ1v) is 5.99. The SMILES string of the molecule is COc1ccc(C(=O)C2(N)CC2)cc1C(C)C. The second kappa shape index (κ2) is 4.15. The first kappa shape index (κ1) is 12.1. The van der Waals surface area contributed by atoms with Crippen LogP contribution >= 0.6 is 0 Å². The van der Waals surface area contributed by atoms with Crippen LogP contribution in [0.1, 0.15) is 48.5 Å². The van der Waals surface area contributed by atoms with Crippen LogP contribution in [-0.2, 0) is 0 Å². The van der Waals surface area contributed by atoms with E-state index in [-0.39, 0.29) is 5.78 Å². The third-order valence-corrected chi connectivity index (χ3v) is 3.35. The largest absolute Gasteiger partial charge is 0.496 e. The van der Waals surface area contributed by atoms with Crippen molar-refractivity contribution in [1.29, 1.82) is 0 Å². The minimum Gasteiger partial charge on any atom is -0.496 e. The summed E-state index contributed by atoms with van der Waals surface area (Å²) in [4.78, 5) is 12.1. The maximum atomic E-state index is 12.1. The maximum absolute atomic E-state index is 12.1. The van der Waals surface area contributed by atoms with E-state index in [1.54, 1.807) is 13.2 Å². The third-order valence-electron chi connectivity index (χ3n) is 3.35. The molecule has 0 unspecified atom stereocenters. The van der Waals surface area contributed by atoms with Gasteiger partial charge >= 0.3 is 0 Å². The highest BCUT2D eigenvalue weighted by molar-refractivity contribution is 6.05. The van der Waals surface area contributed by atoms with Crippen molar-refractivity contribution in [2.75, 3.05) is 7.11 Å². The van der Waals surface area contributed by atoms with Gasteiger partial charge in [0.05, 0.1) is 12.6 Å². The van der Waals surface area contributed by atoms with Crippen LogP contribution in [0.2, 0.25) is 0 Å². The molecule has 1 aliphatic rings. The lowest BCUT2D eigenvalue weighted by Crippen LogP contribution is -2.32. The third kappa shape index (κ3) is 2.20. The van der Waals surface area contributed by atoms with Gasteiger partial charge in [0.1, 0.15) is 5.75 Å². The van der Waals surface area contributed by atoms with Gasteiger partial charge in [-0.3, -0.25) is 4.79 Å². The number of ether oxygens (including phenoxy) is 1. The Labute approximate surface area is 102 Å². The molecule has 92 valence electrons. The zero-order chi connectivity index (χ0) is 12.6. The van der Waals surface area contributed by atoms with Crippen molar-refractivity contribution >= 4 is 5.78 Å². The van der Waals surface area contributed by atoms with E-state index in [9.17, 15) is 4.79 Å². The first-order chi connectivity index (χ1) is 7.98. The van der Waals surface area contributed by atoms with E-state index < -0.39 is 5.54 Å². The van der Waals surface area contributed by atoms with E-state index in [2.05, 4.69) is 13.8 Å². The number of hydrogen-bond acceptors (Lipinski definition) is 3. The number of methoxy groups -OCH3 is 1. The summed E-state index contributed by atoms with van der Waals surface area (Å²) in [5.74, 6) is 1.21. The summed E-state index contributed by atoms with van der Waals surface area (Å²) in [5, 5.41) is 0. The van der Waals surface area contributed by atoms with Crippen molar-refractivity contribution in [2.24, 2.45) is 5.73 Å². The number of rotatable bonds is 4. The Hall–Kier alpha value is -1.35. The number of hydrogen-bond donors (Lipinski definition) is 1. The zero-order valence-electron chi connectivity index (χ0n) is 10.6. The fraction of sp³-hybridized carbons (Fsp3) is 0.500. The molecule has 2 rings (SSSR count). The van der Waals surface area contributed by atoms with Gasteiger partial charge in [-0.15, -0.1) is 0 Å². The van der Waals surface area contributed by atoms with Crippen molar-refractivity contribution in [3.63, 3.8) is 0 Å². The highest BCUT2D eigenvalue weighted by Crippen LogP contribution is 2.37. The molecule has 1 aromatic carbocycles. The molecular formula is C14H19NO2. The molecule has 0 bridgehead atoms. The second-order valence-electron chi connectivity index (χ2n) is 5.10. The van der Waals surface area contributed by atoms with Gasteiger partial charge in [-0.2, -0.15) is 0 Å². The molecule has 1 saturated carbocycles. The van der Waals surface area contributed by atoms with E-state index in [1.807, 2.05) is 12.1 Å². The van der Waals surface area contributed by atoms with Crippen LogP contribution < -0.4 is 10.5 Å². The van der Waals surface area contributed by atoms with Gasteiger partial charge in [0.15, 0.2) is 5.78 Å². The van der Waals surface area contributed by atoms with Crippen LogP contribution in [0.4, 0.5) is 0 Å². The summed E-state index contributed by atoms with van der Waals surface area (Å²) in [7, 11) is 1.65.